The number of methoxy groups -OCH3 is 1. The van der Waals surface area contributed by atoms with E-state index in [1.54, 1.807) is 67.3 Å². The van der Waals surface area contributed by atoms with Crippen LogP contribution in [0, 0.1) is 0 Å². The molecule has 0 bridgehead atoms. The number of hydrogen-bond acceptors (Lipinski definition) is 8. The van der Waals surface area contributed by atoms with Crippen molar-refractivity contribution >= 4 is 45.4 Å². The van der Waals surface area contributed by atoms with Gasteiger partial charge in [0.1, 0.15) is 11.0 Å². The molecule has 1 amide bonds. The molecule has 0 unspecified atom stereocenters. The van der Waals surface area contributed by atoms with Gasteiger partial charge in [-0.25, -0.2) is 9.59 Å². The number of nitrogens with one attached hydrogen (secondary N) is 1. The Labute approximate surface area is 277 Å². The lowest BCUT2D eigenvalue weighted by atomic mass is 9.62. The van der Waals surface area contributed by atoms with Crippen molar-refractivity contribution in [3.05, 3.63) is 99.5 Å². The van der Waals surface area contributed by atoms with Crippen molar-refractivity contribution in [3.63, 3.8) is 0 Å². The van der Waals surface area contributed by atoms with Gasteiger partial charge in [-0.15, -0.1) is 0 Å². The normalized spacial score (nSPS) is 21.6. The molecule has 0 aliphatic carbocycles. The zero-order valence-corrected chi connectivity index (χ0v) is 28.5. The summed E-state index contributed by atoms with van der Waals surface area (Å²) in [5, 5.41) is 3.17. The van der Waals surface area contributed by atoms with Crippen molar-refractivity contribution in [1.29, 1.82) is 0 Å². The third-order valence-electron chi connectivity index (χ3n) is 9.00. The van der Waals surface area contributed by atoms with Crippen LogP contribution in [0.25, 0.3) is 0 Å². The number of carbonyl (C=O) groups excluding carboxylic acids is 4. The van der Waals surface area contributed by atoms with E-state index in [1.807, 2.05) is 24.3 Å². The topological polar surface area (TPSA) is 111 Å². The minimum absolute atomic E-state index is 0.0423. The number of anilines is 1. The highest BCUT2D eigenvalue weighted by Gasteiger charge is 2.79. The van der Waals surface area contributed by atoms with E-state index >= 15 is 4.79 Å². The molecule has 1 saturated heterocycles. The summed E-state index contributed by atoms with van der Waals surface area (Å²) in [6.45, 7) is 9.70. The molecule has 2 aliphatic rings. The first-order valence-electron chi connectivity index (χ1n) is 15.3. The smallest absolute Gasteiger partial charge is 0.338 e. The van der Waals surface area contributed by atoms with Crippen LogP contribution in [-0.2, 0) is 56.3 Å². The van der Waals surface area contributed by atoms with Gasteiger partial charge in [0.2, 0.25) is 5.54 Å². The maximum atomic E-state index is 15.3. The highest BCUT2D eigenvalue weighted by atomic mass is 79.9. The molecular formula is C36H39BrN2O7. The molecule has 242 valence electrons. The molecule has 2 atom stereocenters. The van der Waals surface area contributed by atoms with Crippen molar-refractivity contribution < 1.29 is 33.4 Å². The van der Waals surface area contributed by atoms with Gasteiger partial charge in [0.05, 0.1) is 32.6 Å². The Balaban J connectivity index is 1.81. The third kappa shape index (κ3) is 5.02. The van der Waals surface area contributed by atoms with Crippen LogP contribution in [0.1, 0.15) is 63.3 Å². The lowest BCUT2D eigenvalue weighted by Gasteiger charge is -2.40. The molecule has 0 radical (unpaired) electrons. The van der Waals surface area contributed by atoms with E-state index in [2.05, 4.69) is 42.0 Å². The summed E-state index contributed by atoms with van der Waals surface area (Å²) in [6, 6.07) is 22.0. The second-order valence-electron chi connectivity index (χ2n) is 12.7. The minimum atomic E-state index is -2.22. The van der Waals surface area contributed by atoms with E-state index in [0.29, 0.717) is 21.3 Å². The first-order valence-corrected chi connectivity index (χ1v) is 16.1. The van der Waals surface area contributed by atoms with Crippen molar-refractivity contribution in [3.8, 4) is 0 Å². The predicted molar refractivity (Wildman–Crippen MR) is 176 cm³/mol. The highest BCUT2D eigenvalue weighted by Crippen LogP contribution is 2.60. The fourth-order valence-corrected chi connectivity index (χ4v) is 7.20. The quantitative estimate of drug-likeness (QED) is 0.189. The summed E-state index contributed by atoms with van der Waals surface area (Å²) in [4.78, 5) is 59.2. The minimum Gasteiger partial charge on any atom is -0.468 e. The summed E-state index contributed by atoms with van der Waals surface area (Å²) < 4.78 is 17.1. The largest absolute Gasteiger partial charge is 0.468 e. The first kappa shape index (κ1) is 33.3. The number of carbonyl (C=O) groups is 4. The van der Waals surface area contributed by atoms with Crippen molar-refractivity contribution in [2.24, 2.45) is 0 Å². The Kier molecular flexibility index (Phi) is 8.92. The average molecular weight is 692 g/mol. The van der Waals surface area contributed by atoms with Crippen LogP contribution in [-0.4, -0.2) is 49.7 Å². The lowest BCUT2D eigenvalue weighted by Crippen LogP contribution is -2.65. The maximum Gasteiger partial charge on any atom is 0.338 e. The average Bonchev–Trinajstić information content (AvgIpc) is 3.49. The molecule has 1 N–H and O–H groups in total. The Morgan fingerprint density at radius 3 is 2.04 bits per heavy atom. The molecule has 3 aromatic rings. The molecule has 3 aromatic carbocycles. The molecule has 5 rings (SSSR count). The van der Waals surface area contributed by atoms with Crippen LogP contribution in [0.4, 0.5) is 5.69 Å². The number of hydrogen-bond donors (Lipinski definition) is 1. The Morgan fingerprint density at radius 2 is 1.50 bits per heavy atom. The van der Waals surface area contributed by atoms with E-state index in [4.69, 9.17) is 14.2 Å². The van der Waals surface area contributed by atoms with Crippen molar-refractivity contribution in [2.45, 2.75) is 69.5 Å². The molecule has 10 heteroatoms. The van der Waals surface area contributed by atoms with Crippen LogP contribution < -0.4 is 10.2 Å². The molecular weight excluding hydrogens is 652 g/mol. The fourth-order valence-electron chi connectivity index (χ4n) is 6.85. The maximum absolute atomic E-state index is 15.3. The van der Waals surface area contributed by atoms with Crippen molar-refractivity contribution in [1.82, 2.24) is 5.32 Å². The number of fused-ring (bicyclic) bond motifs is 2. The van der Waals surface area contributed by atoms with Crippen LogP contribution in [0.15, 0.2) is 77.3 Å². The number of esters is 3. The van der Waals surface area contributed by atoms with Crippen LogP contribution in [0.5, 0.6) is 0 Å². The monoisotopic (exact) mass is 690 g/mol. The van der Waals surface area contributed by atoms with E-state index in [9.17, 15) is 14.4 Å². The van der Waals surface area contributed by atoms with Crippen LogP contribution in [0.3, 0.4) is 0 Å². The van der Waals surface area contributed by atoms with Gasteiger partial charge in [0.25, 0.3) is 5.91 Å². The van der Waals surface area contributed by atoms with Crippen LogP contribution in [0.2, 0.25) is 0 Å². The number of amides is 1. The number of rotatable bonds is 8. The zero-order chi connectivity index (χ0) is 33.5. The zero-order valence-electron chi connectivity index (χ0n) is 26.9. The summed E-state index contributed by atoms with van der Waals surface area (Å²) in [5.41, 5.74) is -2.83. The predicted octanol–water partition coefficient (Wildman–Crippen LogP) is 5.46. The van der Waals surface area contributed by atoms with Gasteiger partial charge in [-0.2, -0.15) is 0 Å². The van der Waals surface area contributed by atoms with Gasteiger partial charge in [-0.05, 0) is 48.1 Å². The number of nitrogens with zero attached hydrogens (tertiary/aromatic N) is 1. The van der Waals surface area contributed by atoms with Gasteiger partial charge < -0.3 is 19.1 Å². The number of ether oxygens (including phenoxy) is 3. The molecule has 9 nitrogen and oxygen atoms in total. The molecule has 0 aromatic heterocycles. The van der Waals surface area contributed by atoms with Crippen molar-refractivity contribution in [2.75, 3.05) is 25.2 Å². The summed E-state index contributed by atoms with van der Waals surface area (Å²) in [7, 11) is 1.23. The Bertz CT molecular complexity index is 1650. The highest BCUT2D eigenvalue weighted by molar-refractivity contribution is 9.10. The molecule has 46 heavy (non-hydrogen) atoms. The molecule has 2 heterocycles. The van der Waals surface area contributed by atoms with E-state index in [-0.39, 0.29) is 25.2 Å². The second-order valence-corrected chi connectivity index (χ2v) is 13.6. The molecule has 0 saturated carbocycles. The number of halogens is 1. The molecule has 1 spiro atoms. The second kappa shape index (κ2) is 12.3. The Morgan fingerprint density at radius 1 is 0.891 bits per heavy atom. The van der Waals surface area contributed by atoms with Crippen LogP contribution >= 0.6 is 15.9 Å². The standard InChI is InChI=1S/C36H39BrN2O7/c1-7-45-31(42)35(32(43)46-8-2)22-34(30(41)44-6,25-12-10-9-11-13-25)36(38-35)27-19-18-26(37)20-28(27)39(29(36)40)21-23-14-16-24(17-15-23)33(3,4)5/h9-20,38H,7-8,21-22H2,1-6H3/t34-,36+/m1/s1. The fraction of sp³-hybridized carbons (Fsp3) is 0.389. The molecule has 1 fully saturated rings. The van der Waals surface area contributed by atoms with Gasteiger partial charge in [-0.1, -0.05) is 97.4 Å². The van der Waals surface area contributed by atoms with Gasteiger partial charge in [-0.3, -0.25) is 14.9 Å². The van der Waals surface area contributed by atoms with E-state index < -0.39 is 46.7 Å². The summed E-state index contributed by atoms with van der Waals surface area (Å²) >= 11 is 3.55. The lowest BCUT2D eigenvalue weighted by molar-refractivity contribution is -0.166. The summed E-state index contributed by atoms with van der Waals surface area (Å²) in [5.74, 6) is -3.21. The third-order valence-corrected chi connectivity index (χ3v) is 9.49. The number of benzene rings is 3. The Hall–Kier alpha value is -4.02. The molecule has 2 aliphatic heterocycles. The van der Waals surface area contributed by atoms with Gasteiger partial charge in [0, 0.05) is 16.5 Å². The summed E-state index contributed by atoms with van der Waals surface area (Å²) in [6.07, 6.45) is -0.482. The van der Waals surface area contributed by atoms with E-state index in [1.165, 1.54) is 7.11 Å². The first-order chi connectivity index (χ1) is 21.8. The van der Waals surface area contributed by atoms with E-state index in [0.717, 1.165) is 11.1 Å². The van der Waals surface area contributed by atoms with Gasteiger partial charge in [0.15, 0.2) is 0 Å². The SMILES string of the molecule is CCOC(=O)C1(C(=O)OCC)C[C@](C(=O)OC)(c2ccccc2)[C@@]2(N1)C(=O)N(Cc1ccc(C(C)(C)C)cc1)c1cc(Br)ccc12. The van der Waals surface area contributed by atoms with Gasteiger partial charge >= 0.3 is 17.9 Å².